The van der Waals surface area contributed by atoms with Gasteiger partial charge in [0.05, 0.1) is 5.57 Å². The average Bonchev–Trinajstić information content (AvgIpc) is 3.47. The molecule has 55 heavy (non-hydrogen) atoms. The van der Waals surface area contributed by atoms with Gasteiger partial charge in [0.1, 0.15) is 0 Å². The molecule has 0 atom stereocenters. The van der Waals surface area contributed by atoms with Crippen molar-refractivity contribution in [3.05, 3.63) is 98.6 Å². The van der Waals surface area contributed by atoms with Gasteiger partial charge in [0.15, 0.2) is 0 Å². The molecule has 2 heteroatoms. The number of rotatable bonds is 32. The van der Waals surface area contributed by atoms with Crippen LogP contribution in [-0.4, -0.2) is 4.70 Å². The van der Waals surface area contributed by atoms with Crippen LogP contribution >= 0.6 is 0 Å². The summed E-state index contributed by atoms with van der Waals surface area (Å²) in [4.78, 5) is 0. The SMILES string of the molecule is CCCCCCCCCCCCCC=CC1=C(c2cc(CCCC)cc(CCCC)c2)[N+](=[N-])C(c2cc(CCCC)cc(CCCC)c2)=C1CCCCCC. The lowest BCUT2D eigenvalue weighted by Gasteiger charge is -2.14. The lowest BCUT2D eigenvalue weighted by molar-refractivity contribution is -0.345. The Balaban J connectivity index is 2.04. The Hall–Kier alpha value is -2.74. The summed E-state index contributed by atoms with van der Waals surface area (Å²) in [6, 6.07) is 14.5. The molecule has 1 aliphatic rings. The third kappa shape index (κ3) is 16.7. The summed E-state index contributed by atoms with van der Waals surface area (Å²) in [5, 5.41) is 0. The van der Waals surface area contributed by atoms with E-state index in [4.69, 9.17) is 0 Å². The van der Waals surface area contributed by atoms with Crippen molar-refractivity contribution in [2.45, 2.75) is 228 Å². The average molecular weight is 749 g/mol. The molecule has 0 saturated heterocycles. The molecule has 306 valence electrons. The number of unbranched alkanes of at least 4 members (excludes halogenated alkanes) is 18. The van der Waals surface area contributed by atoms with Gasteiger partial charge < -0.3 is 5.53 Å². The molecule has 0 bridgehead atoms. The van der Waals surface area contributed by atoms with E-state index in [-0.39, 0.29) is 0 Å². The molecule has 0 unspecified atom stereocenters. The van der Waals surface area contributed by atoms with Crippen LogP contribution < -0.4 is 0 Å². The highest BCUT2D eigenvalue weighted by molar-refractivity contribution is 5.84. The van der Waals surface area contributed by atoms with Gasteiger partial charge >= 0.3 is 0 Å². The van der Waals surface area contributed by atoms with Crippen molar-refractivity contribution in [1.82, 2.24) is 0 Å². The Bertz CT molecular complexity index is 1420. The van der Waals surface area contributed by atoms with Crippen molar-refractivity contribution in [2.75, 3.05) is 0 Å². The van der Waals surface area contributed by atoms with Crippen molar-refractivity contribution in [3.63, 3.8) is 0 Å². The standard InChI is InChI=1S/C53H84N2/c1-7-13-19-21-22-23-24-25-26-27-28-29-31-37-51-50(36-30-20-14-8-2)52(48-40-44(32-15-9-3)38-45(41-48)33-16-10-4)55(54)53(51)49-42-46(34-17-11-5)39-47(43-49)35-18-12-6/h31,37-43H,7-30,32-36H2,1-6H3. The van der Waals surface area contributed by atoms with E-state index >= 15 is 0 Å². The fraction of sp³-hybridized carbons (Fsp3) is 0.660. The van der Waals surface area contributed by atoms with Gasteiger partial charge in [0.25, 0.3) is 0 Å². The third-order valence-electron chi connectivity index (χ3n) is 11.8. The molecule has 0 amide bonds. The van der Waals surface area contributed by atoms with Gasteiger partial charge in [-0.25, -0.2) is 4.70 Å². The van der Waals surface area contributed by atoms with Gasteiger partial charge in [-0.2, -0.15) is 0 Å². The number of benzene rings is 2. The van der Waals surface area contributed by atoms with Crippen LogP contribution in [0.25, 0.3) is 16.9 Å². The molecule has 0 aliphatic carbocycles. The summed E-state index contributed by atoms with van der Waals surface area (Å²) >= 11 is 0. The minimum absolute atomic E-state index is 0.996. The molecule has 2 nitrogen and oxygen atoms in total. The van der Waals surface area contributed by atoms with Crippen LogP contribution in [-0.2, 0) is 25.7 Å². The van der Waals surface area contributed by atoms with Crippen LogP contribution in [0.15, 0.2) is 59.7 Å². The van der Waals surface area contributed by atoms with E-state index < -0.39 is 0 Å². The van der Waals surface area contributed by atoms with E-state index in [9.17, 15) is 5.53 Å². The summed E-state index contributed by atoms with van der Waals surface area (Å²) in [6.07, 6.45) is 40.9. The van der Waals surface area contributed by atoms with Crippen molar-refractivity contribution in [3.8, 4) is 0 Å². The molecular weight excluding hydrogens is 665 g/mol. The largest absolute Gasteiger partial charge is 0.493 e. The topological polar surface area (TPSA) is 25.3 Å². The molecule has 2 aromatic rings. The number of aryl methyl sites for hydroxylation is 4. The monoisotopic (exact) mass is 749 g/mol. The molecule has 2 aromatic carbocycles. The molecular formula is C53H84N2. The zero-order valence-electron chi connectivity index (χ0n) is 37.0. The maximum absolute atomic E-state index is 12.7. The van der Waals surface area contributed by atoms with Crippen LogP contribution in [0.1, 0.15) is 235 Å². The van der Waals surface area contributed by atoms with Crippen LogP contribution in [0.4, 0.5) is 0 Å². The van der Waals surface area contributed by atoms with E-state index in [1.807, 2.05) is 0 Å². The van der Waals surface area contributed by atoms with Crippen LogP contribution in [0.3, 0.4) is 0 Å². The Labute approximate surface area is 341 Å². The molecule has 0 saturated carbocycles. The fourth-order valence-electron chi connectivity index (χ4n) is 8.39. The highest BCUT2D eigenvalue weighted by atomic mass is 15.2. The van der Waals surface area contributed by atoms with Crippen molar-refractivity contribution >= 4 is 11.4 Å². The highest BCUT2D eigenvalue weighted by Crippen LogP contribution is 2.44. The maximum atomic E-state index is 12.7. The van der Waals surface area contributed by atoms with E-state index in [2.05, 4.69) is 90.1 Å². The molecule has 0 fully saturated rings. The molecule has 0 radical (unpaired) electrons. The van der Waals surface area contributed by atoms with Crippen molar-refractivity contribution in [1.29, 1.82) is 0 Å². The van der Waals surface area contributed by atoms with E-state index in [0.717, 1.165) is 56.3 Å². The van der Waals surface area contributed by atoms with Crippen LogP contribution in [0, 0.1) is 0 Å². The lowest BCUT2D eigenvalue weighted by atomic mass is 9.91. The fourth-order valence-corrected chi connectivity index (χ4v) is 8.39. The second kappa shape index (κ2) is 28.6. The van der Waals surface area contributed by atoms with Crippen LogP contribution in [0.2, 0.25) is 0 Å². The predicted octanol–water partition coefficient (Wildman–Crippen LogP) is 17.5. The second-order valence-electron chi connectivity index (χ2n) is 16.9. The third-order valence-corrected chi connectivity index (χ3v) is 11.8. The van der Waals surface area contributed by atoms with Gasteiger partial charge in [-0.15, -0.1) is 0 Å². The zero-order chi connectivity index (χ0) is 39.5. The number of hydrogen-bond donors (Lipinski definition) is 0. The lowest BCUT2D eigenvalue weighted by Crippen LogP contribution is -2.05. The maximum Gasteiger partial charge on any atom is 0.215 e. The van der Waals surface area contributed by atoms with E-state index in [1.165, 1.54) is 186 Å². The summed E-state index contributed by atoms with van der Waals surface area (Å²) in [7, 11) is 0. The van der Waals surface area contributed by atoms with Crippen molar-refractivity contribution in [2.24, 2.45) is 0 Å². The van der Waals surface area contributed by atoms with Gasteiger partial charge in [-0.1, -0.05) is 175 Å². The zero-order valence-corrected chi connectivity index (χ0v) is 37.0. The minimum atomic E-state index is 0.996. The second-order valence-corrected chi connectivity index (χ2v) is 16.9. The number of nitrogens with zero attached hydrogens (tertiary/aromatic N) is 2. The number of allylic oxidation sites excluding steroid dienone is 4. The summed E-state index contributed by atoms with van der Waals surface area (Å²) in [5.41, 5.74) is 25.3. The first-order valence-corrected chi connectivity index (χ1v) is 23.9. The molecule has 3 rings (SSSR count). The first-order chi connectivity index (χ1) is 27.0. The first-order valence-electron chi connectivity index (χ1n) is 23.9. The summed E-state index contributed by atoms with van der Waals surface area (Å²) in [6.45, 7) is 13.8. The first kappa shape index (κ1) is 46.6. The predicted molar refractivity (Wildman–Crippen MR) is 244 cm³/mol. The summed E-state index contributed by atoms with van der Waals surface area (Å²) in [5.74, 6) is 0. The minimum Gasteiger partial charge on any atom is -0.493 e. The molecule has 1 aliphatic heterocycles. The van der Waals surface area contributed by atoms with Gasteiger partial charge in [0.2, 0.25) is 11.4 Å². The molecule has 0 spiro atoms. The Kier molecular flexibility index (Phi) is 24.3. The Morgan fingerprint density at radius 3 is 1.18 bits per heavy atom. The normalized spacial score (nSPS) is 13.4. The van der Waals surface area contributed by atoms with Gasteiger partial charge in [-0.05, 0) is 124 Å². The molecule has 1 heterocycles. The Morgan fingerprint density at radius 1 is 0.400 bits per heavy atom. The quantitative estimate of drug-likeness (QED) is 0.0526. The molecule has 0 aromatic heterocycles. The smallest absolute Gasteiger partial charge is 0.215 e. The summed E-state index contributed by atoms with van der Waals surface area (Å²) < 4.78 is 1.64. The van der Waals surface area contributed by atoms with Gasteiger partial charge in [-0.3, -0.25) is 0 Å². The van der Waals surface area contributed by atoms with Crippen molar-refractivity contribution < 1.29 is 4.70 Å². The molecule has 0 N–H and O–H groups in total. The highest BCUT2D eigenvalue weighted by Gasteiger charge is 2.35. The van der Waals surface area contributed by atoms with E-state index in [0.29, 0.717) is 0 Å². The number of hydrogen-bond acceptors (Lipinski definition) is 0. The van der Waals surface area contributed by atoms with Gasteiger partial charge in [0, 0.05) is 16.7 Å². The Morgan fingerprint density at radius 2 is 0.764 bits per heavy atom. The van der Waals surface area contributed by atoms with Crippen LogP contribution in [0.5, 0.6) is 0 Å². The van der Waals surface area contributed by atoms with E-state index in [1.54, 1.807) is 4.70 Å².